The van der Waals surface area contributed by atoms with Gasteiger partial charge in [-0.2, -0.15) is 0 Å². The van der Waals surface area contributed by atoms with Crippen LogP contribution < -0.4 is 15.6 Å². The summed E-state index contributed by atoms with van der Waals surface area (Å²) in [5, 5.41) is 4.07. The van der Waals surface area contributed by atoms with Gasteiger partial charge < -0.3 is 15.0 Å². The van der Waals surface area contributed by atoms with E-state index in [1.54, 1.807) is 13.2 Å². The molecule has 0 aliphatic heterocycles. The van der Waals surface area contributed by atoms with Crippen LogP contribution in [0.4, 0.5) is 0 Å². The van der Waals surface area contributed by atoms with Gasteiger partial charge in [0, 0.05) is 15.0 Å². The SMILES string of the molecule is COc1ccc(C(NCc2nc3c(Br)cc(Br)cc3c(=O)[nH]2)C(C)C)cc1. The molecule has 7 heteroatoms. The summed E-state index contributed by atoms with van der Waals surface area (Å²) in [6.45, 7) is 4.78. The molecule has 2 N–H and O–H groups in total. The minimum Gasteiger partial charge on any atom is -0.497 e. The van der Waals surface area contributed by atoms with Crippen molar-refractivity contribution < 1.29 is 4.74 Å². The number of benzene rings is 2. The predicted octanol–water partition coefficient (Wildman–Crippen LogP) is 4.94. The first-order valence-corrected chi connectivity index (χ1v) is 10.2. The molecule has 0 bridgehead atoms. The van der Waals surface area contributed by atoms with Gasteiger partial charge in [-0.05, 0) is 51.7 Å². The summed E-state index contributed by atoms with van der Waals surface area (Å²) in [7, 11) is 1.66. The number of nitrogens with zero attached hydrogens (tertiary/aromatic N) is 1. The number of rotatable bonds is 6. The summed E-state index contributed by atoms with van der Waals surface area (Å²) in [4.78, 5) is 19.9. The van der Waals surface area contributed by atoms with Crippen molar-refractivity contribution in [3.8, 4) is 5.75 Å². The van der Waals surface area contributed by atoms with Crippen molar-refractivity contribution in [1.82, 2.24) is 15.3 Å². The van der Waals surface area contributed by atoms with Gasteiger partial charge in [-0.25, -0.2) is 4.98 Å². The third-order valence-corrected chi connectivity index (χ3v) is 5.47. The normalized spacial score (nSPS) is 12.5. The summed E-state index contributed by atoms with van der Waals surface area (Å²) < 4.78 is 6.85. The van der Waals surface area contributed by atoms with E-state index in [2.05, 4.69) is 73.1 Å². The first-order chi connectivity index (χ1) is 12.9. The van der Waals surface area contributed by atoms with E-state index in [4.69, 9.17) is 4.74 Å². The maximum atomic E-state index is 12.4. The Morgan fingerprint density at radius 3 is 2.52 bits per heavy atom. The third-order valence-electron chi connectivity index (χ3n) is 4.41. The highest BCUT2D eigenvalue weighted by molar-refractivity contribution is 9.11. The van der Waals surface area contributed by atoms with Crippen molar-refractivity contribution in [2.75, 3.05) is 7.11 Å². The van der Waals surface area contributed by atoms with Gasteiger partial charge in [0.15, 0.2) is 0 Å². The van der Waals surface area contributed by atoms with Crippen molar-refractivity contribution in [1.29, 1.82) is 0 Å². The van der Waals surface area contributed by atoms with E-state index >= 15 is 0 Å². The lowest BCUT2D eigenvalue weighted by atomic mass is 9.96. The number of nitrogens with one attached hydrogen (secondary N) is 2. The van der Waals surface area contributed by atoms with E-state index in [1.807, 2.05) is 18.2 Å². The van der Waals surface area contributed by atoms with Crippen LogP contribution in [-0.2, 0) is 6.54 Å². The molecule has 3 aromatic rings. The maximum absolute atomic E-state index is 12.4. The Labute approximate surface area is 174 Å². The molecule has 1 atom stereocenters. The Bertz CT molecular complexity index is 1000. The van der Waals surface area contributed by atoms with Gasteiger partial charge in [0.1, 0.15) is 11.6 Å². The zero-order chi connectivity index (χ0) is 19.6. The zero-order valence-electron chi connectivity index (χ0n) is 15.3. The number of hydrogen-bond donors (Lipinski definition) is 2. The van der Waals surface area contributed by atoms with E-state index < -0.39 is 0 Å². The molecule has 1 aromatic heterocycles. The van der Waals surface area contributed by atoms with Crippen LogP contribution in [0, 0.1) is 5.92 Å². The van der Waals surface area contributed by atoms with Crippen LogP contribution in [-0.4, -0.2) is 17.1 Å². The smallest absolute Gasteiger partial charge is 0.258 e. The van der Waals surface area contributed by atoms with E-state index in [0.717, 1.165) is 14.7 Å². The summed E-state index contributed by atoms with van der Waals surface area (Å²) in [6, 6.07) is 11.8. The molecule has 0 saturated heterocycles. The summed E-state index contributed by atoms with van der Waals surface area (Å²) in [5.41, 5.74) is 1.67. The molecule has 5 nitrogen and oxygen atoms in total. The molecule has 2 aromatic carbocycles. The largest absolute Gasteiger partial charge is 0.497 e. The highest BCUT2D eigenvalue weighted by Gasteiger charge is 2.16. The van der Waals surface area contributed by atoms with Crippen molar-refractivity contribution in [3.63, 3.8) is 0 Å². The number of aromatic nitrogens is 2. The molecular formula is C20H21Br2N3O2. The summed E-state index contributed by atoms with van der Waals surface area (Å²) in [6.07, 6.45) is 0. The maximum Gasteiger partial charge on any atom is 0.258 e. The molecule has 0 aliphatic carbocycles. The minimum atomic E-state index is -0.149. The minimum absolute atomic E-state index is 0.130. The van der Waals surface area contributed by atoms with Gasteiger partial charge in [-0.1, -0.05) is 41.9 Å². The quantitative estimate of drug-likeness (QED) is 0.509. The zero-order valence-corrected chi connectivity index (χ0v) is 18.5. The van der Waals surface area contributed by atoms with E-state index in [-0.39, 0.29) is 11.6 Å². The van der Waals surface area contributed by atoms with Gasteiger partial charge in [0.05, 0.1) is 24.6 Å². The fourth-order valence-corrected chi connectivity index (χ4v) is 4.37. The Morgan fingerprint density at radius 1 is 1.19 bits per heavy atom. The highest BCUT2D eigenvalue weighted by atomic mass is 79.9. The Kier molecular flexibility index (Phi) is 6.34. The lowest BCUT2D eigenvalue weighted by molar-refractivity contribution is 0.401. The molecule has 0 spiro atoms. The number of aromatic amines is 1. The second kappa shape index (κ2) is 8.54. The molecule has 0 fully saturated rings. The molecule has 3 rings (SSSR count). The molecule has 0 radical (unpaired) electrons. The number of methoxy groups -OCH3 is 1. The van der Waals surface area contributed by atoms with Gasteiger partial charge in [-0.3, -0.25) is 4.79 Å². The fourth-order valence-electron chi connectivity index (χ4n) is 3.05. The Morgan fingerprint density at radius 2 is 1.89 bits per heavy atom. The van der Waals surface area contributed by atoms with Crippen LogP contribution in [0.1, 0.15) is 31.3 Å². The van der Waals surface area contributed by atoms with E-state index in [0.29, 0.717) is 29.2 Å². The topological polar surface area (TPSA) is 67.0 Å². The number of H-pyrrole nitrogens is 1. The predicted molar refractivity (Wildman–Crippen MR) is 115 cm³/mol. The van der Waals surface area contributed by atoms with Crippen LogP contribution in [0.15, 0.2) is 50.1 Å². The molecular weight excluding hydrogens is 474 g/mol. The van der Waals surface area contributed by atoms with Crippen molar-refractivity contribution >= 4 is 42.8 Å². The van der Waals surface area contributed by atoms with Crippen molar-refractivity contribution in [3.05, 3.63) is 67.1 Å². The Balaban J connectivity index is 1.86. The Hall–Kier alpha value is -1.70. The molecule has 1 unspecified atom stereocenters. The van der Waals surface area contributed by atoms with Crippen LogP contribution in [0.3, 0.4) is 0 Å². The van der Waals surface area contributed by atoms with Gasteiger partial charge in [0.25, 0.3) is 5.56 Å². The third kappa shape index (κ3) is 4.59. The number of ether oxygens (including phenoxy) is 1. The molecule has 0 saturated carbocycles. The monoisotopic (exact) mass is 493 g/mol. The van der Waals surface area contributed by atoms with E-state index in [9.17, 15) is 4.79 Å². The first kappa shape index (κ1) is 20.0. The fraction of sp³-hybridized carbons (Fsp3) is 0.300. The van der Waals surface area contributed by atoms with Crippen LogP contribution in [0.5, 0.6) is 5.75 Å². The number of hydrogen-bond acceptors (Lipinski definition) is 4. The molecule has 27 heavy (non-hydrogen) atoms. The lowest BCUT2D eigenvalue weighted by Crippen LogP contribution is -2.27. The lowest BCUT2D eigenvalue weighted by Gasteiger charge is -2.23. The van der Waals surface area contributed by atoms with Crippen molar-refractivity contribution in [2.24, 2.45) is 5.92 Å². The summed E-state index contributed by atoms with van der Waals surface area (Å²) in [5.74, 6) is 1.81. The number of fused-ring (bicyclic) bond motifs is 1. The molecule has 0 amide bonds. The van der Waals surface area contributed by atoms with Gasteiger partial charge >= 0.3 is 0 Å². The van der Waals surface area contributed by atoms with Gasteiger partial charge in [-0.15, -0.1) is 0 Å². The molecule has 142 valence electrons. The molecule has 0 aliphatic rings. The average molecular weight is 495 g/mol. The standard InChI is InChI=1S/C20H21Br2N3O2/c1-11(2)18(12-4-6-14(27-3)7-5-12)23-10-17-24-19-15(20(26)25-17)8-13(21)9-16(19)22/h4-9,11,18,23H,10H2,1-3H3,(H,24,25,26). The van der Waals surface area contributed by atoms with Crippen molar-refractivity contribution in [2.45, 2.75) is 26.4 Å². The van der Waals surface area contributed by atoms with Crippen LogP contribution >= 0.6 is 31.9 Å². The summed E-state index contributed by atoms with van der Waals surface area (Å²) >= 11 is 6.90. The molecule has 1 heterocycles. The van der Waals surface area contributed by atoms with Crippen LogP contribution in [0.2, 0.25) is 0 Å². The van der Waals surface area contributed by atoms with Gasteiger partial charge in [0.2, 0.25) is 0 Å². The number of halogens is 2. The average Bonchev–Trinajstić information content (AvgIpc) is 2.63. The second-order valence-electron chi connectivity index (χ2n) is 6.67. The van der Waals surface area contributed by atoms with Crippen LogP contribution in [0.25, 0.3) is 10.9 Å². The van der Waals surface area contributed by atoms with E-state index in [1.165, 1.54) is 5.56 Å². The first-order valence-electron chi connectivity index (χ1n) is 8.64. The highest BCUT2D eigenvalue weighted by Crippen LogP contribution is 2.26. The second-order valence-corrected chi connectivity index (χ2v) is 8.44.